The Morgan fingerprint density at radius 3 is 2.52 bits per heavy atom. The number of amides is 1. The lowest BCUT2D eigenvalue weighted by Crippen LogP contribution is -2.31. The summed E-state index contributed by atoms with van der Waals surface area (Å²) in [5.74, 6) is 0.137. The quantitative estimate of drug-likeness (QED) is 0.748. The van der Waals surface area contributed by atoms with Crippen molar-refractivity contribution in [1.82, 2.24) is 9.62 Å². The summed E-state index contributed by atoms with van der Waals surface area (Å²) < 4.78 is 37.3. The van der Waals surface area contributed by atoms with Gasteiger partial charge in [0.25, 0.3) is 0 Å². The lowest BCUT2D eigenvalue weighted by molar-refractivity contribution is -0.118. The molecule has 23 heavy (non-hydrogen) atoms. The highest BCUT2D eigenvalue weighted by molar-refractivity contribution is 7.89. The Morgan fingerprint density at radius 1 is 1.30 bits per heavy atom. The van der Waals surface area contributed by atoms with E-state index in [0.29, 0.717) is 18.0 Å². The van der Waals surface area contributed by atoms with Gasteiger partial charge >= 0.3 is 0 Å². The van der Waals surface area contributed by atoms with Crippen molar-refractivity contribution in [3.8, 4) is 0 Å². The van der Waals surface area contributed by atoms with Crippen LogP contribution >= 0.6 is 0 Å². The van der Waals surface area contributed by atoms with E-state index in [9.17, 15) is 17.4 Å². The van der Waals surface area contributed by atoms with E-state index in [2.05, 4.69) is 5.32 Å². The van der Waals surface area contributed by atoms with E-state index in [0.717, 1.165) is 4.31 Å². The van der Waals surface area contributed by atoms with E-state index < -0.39 is 20.8 Å². The fourth-order valence-electron chi connectivity index (χ4n) is 1.76. The molecule has 0 aliphatic carbocycles. The number of rotatable bonds is 8. The van der Waals surface area contributed by atoms with E-state index in [-0.39, 0.29) is 22.3 Å². The molecule has 1 unspecified atom stereocenters. The summed E-state index contributed by atoms with van der Waals surface area (Å²) in [5.41, 5.74) is 0.628. The van der Waals surface area contributed by atoms with Crippen LogP contribution in [-0.2, 0) is 31.4 Å². The van der Waals surface area contributed by atoms with Crippen LogP contribution < -0.4 is 5.32 Å². The minimum atomic E-state index is -3.52. The summed E-state index contributed by atoms with van der Waals surface area (Å²) in [4.78, 5) is 11.8. The second kappa shape index (κ2) is 8.56. The van der Waals surface area contributed by atoms with Crippen molar-refractivity contribution in [3.63, 3.8) is 0 Å². The fraction of sp³-hybridized carbons (Fsp3) is 0.533. The zero-order valence-electron chi connectivity index (χ0n) is 13.9. The van der Waals surface area contributed by atoms with Crippen molar-refractivity contribution in [2.75, 3.05) is 26.4 Å². The van der Waals surface area contributed by atoms with Gasteiger partial charge in [0.05, 0.1) is 4.90 Å². The smallest absolute Gasteiger partial charge is 0.242 e. The van der Waals surface area contributed by atoms with Gasteiger partial charge in [-0.2, -0.15) is 0 Å². The van der Waals surface area contributed by atoms with Gasteiger partial charge in [0.1, 0.15) is 5.75 Å². The molecular weight excluding hydrogens is 336 g/mol. The van der Waals surface area contributed by atoms with E-state index in [1.807, 2.05) is 13.8 Å². The van der Waals surface area contributed by atoms with Crippen LogP contribution in [0.4, 0.5) is 0 Å². The van der Waals surface area contributed by atoms with Crippen LogP contribution in [0.15, 0.2) is 29.2 Å². The predicted octanol–water partition coefficient (Wildman–Crippen LogP) is 0.958. The summed E-state index contributed by atoms with van der Waals surface area (Å²) in [6, 6.07) is 6.32. The summed E-state index contributed by atoms with van der Waals surface area (Å²) in [7, 11) is -1.99. The Balaban J connectivity index is 2.71. The normalized spacial score (nSPS) is 13.3. The van der Waals surface area contributed by atoms with Gasteiger partial charge in [0.2, 0.25) is 15.9 Å². The van der Waals surface area contributed by atoms with Crippen LogP contribution in [0.2, 0.25) is 0 Å². The van der Waals surface area contributed by atoms with Crippen LogP contribution in [-0.4, -0.2) is 49.2 Å². The maximum absolute atomic E-state index is 12.1. The molecule has 0 saturated heterocycles. The Kier molecular flexibility index (Phi) is 7.37. The van der Waals surface area contributed by atoms with Crippen molar-refractivity contribution < 1.29 is 17.4 Å². The van der Waals surface area contributed by atoms with Crippen LogP contribution in [0.3, 0.4) is 0 Å². The van der Waals surface area contributed by atoms with Gasteiger partial charge in [-0.15, -0.1) is 0 Å². The molecule has 0 saturated carbocycles. The predicted molar refractivity (Wildman–Crippen MR) is 91.9 cm³/mol. The van der Waals surface area contributed by atoms with E-state index >= 15 is 0 Å². The molecule has 130 valence electrons. The molecule has 0 aliphatic heterocycles. The highest BCUT2D eigenvalue weighted by Crippen LogP contribution is 2.16. The van der Waals surface area contributed by atoms with Crippen LogP contribution in [0.25, 0.3) is 0 Å². The summed E-state index contributed by atoms with van der Waals surface area (Å²) in [6.07, 6.45) is 0. The van der Waals surface area contributed by atoms with E-state index in [4.69, 9.17) is 0 Å². The van der Waals surface area contributed by atoms with Gasteiger partial charge in [-0.1, -0.05) is 26.0 Å². The minimum Gasteiger partial charge on any atom is -0.355 e. The first-order chi connectivity index (χ1) is 10.6. The molecule has 1 N–H and O–H groups in total. The Hall–Kier alpha value is -1.25. The maximum Gasteiger partial charge on any atom is 0.242 e. The average molecular weight is 361 g/mol. The molecule has 1 aromatic carbocycles. The monoisotopic (exact) mass is 360 g/mol. The number of nitrogens with zero attached hydrogens (tertiary/aromatic N) is 1. The molecule has 0 aromatic heterocycles. The summed E-state index contributed by atoms with van der Waals surface area (Å²) >= 11 is 0. The molecule has 0 fully saturated rings. The molecule has 1 aromatic rings. The van der Waals surface area contributed by atoms with E-state index in [1.165, 1.54) is 26.2 Å². The van der Waals surface area contributed by atoms with Crippen molar-refractivity contribution in [3.05, 3.63) is 29.8 Å². The molecule has 0 radical (unpaired) electrons. The number of nitrogens with one attached hydrogen (secondary N) is 1. The molecule has 1 amide bonds. The lowest BCUT2D eigenvalue weighted by Gasteiger charge is -2.12. The van der Waals surface area contributed by atoms with Crippen LogP contribution in [0.5, 0.6) is 0 Å². The Morgan fingerprint density at radius 2 is 1.96 bits per heavy atom. The number of carbonyl (C=O) groups is 1. The van der Waals surface area contributed by atoms with Gasteiger partial charge in [-0.05, 0) is 23.6 Å². The van der Waals surface area contributed by atoms with Gasteiger partial charge in [-0.25, -0.2) is 12.7 Å². The summed E-state index contributed by atoms with van der Waals surface area (Å²) in [6.45, 7) is 4.51. The van der Waals surface area contributed by atoms with Crippen LogP contribution in [0, 0.1) is 5.92 Å². The third kappa shape index (κ3) is 6.40. The second-order valence-electron chi connectivity index (χ2n) is 5.86. The van der Waals surface area contributed by atoms with Crippen molar-refractivity contribution in [2.24, 2.45) is 5.92 Å². The molecule has 0 bridgehead atoms. The minimum absolute atomic E-state index is 0.0859. The second-order valence-corrected chi connectivity index (χ2v) is 9.47. The van der Waals surface area contributed by atoms with Crippen molar-refractivity contribution in [2.45, 2.75) is 24.5 Å². The molecule has 0 aliphatic rings. The first kappa shape index (κ1) is 19.8. The fourth-order valence-corrected chi connectivity index (χ4v) is 3.78. The molecule has 1 rings (SSSR count). The van der Waals surface area contributed by atoms with Gasteiger partial charge < -0.3 is 5.32 Å². The zero-order chi connectivity index (χ0) is 17.6. The highest BCUT2D eigenvalue weighted by atomic mass is 32.2. The Bertz CT molecular complexity index is 670. The number of sulfonamides is 1. The van der Waals surface area contributed by atoms with E-state index in [1.54, 1.807) is 12.1 Å². The third-order valence-electron chi connectivity index (χ3n) is 3.00. The number of carbonyl (C=O) groups excluding carboxylic acids is 1. The molecule has 0 spiro atoms. The van der Waals surface area contributed by atoms with Gasteiger partial charge in [-0.3, -0.25) is 9.00 Å². The molecule has 1 atom stereocenters. The largest absolute Gasteiger partial charge is 0.355 e. The first-order valence-electron chi connectivity index (χ1n) is 7.26. The first-order valence-corrected chi connectivity index (χ1v) is 10.2. The topological polar surface area (TPSA) is 83.5 Å². The molecule has 6 nitrogen and oxygen atoms in total. The third-order valence-corrected chi connectivity index (χ3v) is 6.05. The standard InChI is InChI=1S/C15H24N2O4S2/c1-12(2)9-16-15(18)11-22(19)10-13-6-5-7-14(8-13)23(20,21)17(3)4/h5-8,12H,9-11H2,1-4H3,(H,16,18). The van der Waals surface area contributed by atoms with Gasteiger partial charge in [0.15, 0.2) is 0 Å². The lowest BCUT2D eigenvalue weighted by atomic mass is 10.2. The molecule has 8 heteroatoms. The Labute approximate surface area is 140 Å². The highest BCUT2D eigenvalue weighted by Gasteiger charge is 2.18. The maximum atomic E-state index is 12.1. The molecular formula is C15H24N2O4S2. The number of hydrogen-bond donors (Lipinski definition) is 1. The van der Waals surface area contributed by atoms with Crippen molar-refractivity contribution >= 4 is 26.7 Å². The SMILES string of the molecule is CC(C)CNC(=O)CS(=O)Cc1cccc(S(=O)(=O)N(C)C)c1. The van der Waals surface area contributed by atoms with Crippen LogP contribution in [0.1, 0.15) is 19.4 Å². The zero-order valence-corrected chi connectivity index (χ0v) is 15.5. The number of hydrogen-bond acceptors (Lipinski definition) is 4. The molecule has 0 heterocycles. The van der Waals surface area contributed by atoms with Crippen molar-refractivity contribution in [1.29, 1.82) is 0 Å². The van der Waals surface area contributed by atoms with Gasteiger partial charge in [0, 0.05) is 37.2 Å². The average Bonchev–Trinajstić information content (AvgIpc) is 2.45. The number of benzene rings is 1. The summed E-state index contributed by atoms with van der Waals surface area (Å²) in [5, 5.41) is 2.71.